The molecule has 27 heavy (non-hydrogen) atoms. The van der Waals surface area contributed by atoms with Gasteiger partial charge in [-0.05, 0) is 35.9 Å². The normalized spacial score (nSPS) is 10.9. The fourth-order valence-electron chi connectivity index (χ4n) is 2.15. The molecule has 0 bridgehead atoms. The molecule has 1 N–H and O–H groups in total. The molecular weight excluding hydrogens is 393 g/mol. The van der Waals surface area contributed by atoms with Crippen molar-refractivity contribution in [1.29, 1.82) is 0 Å². The van der Waals surface area contributed by atoms with Crippen molar-refractivity contribution in [3.63, 3.8) is 0 Å². The van der Waals surface area contributed by atoms with Gasteiger partial charge in [0, 0.05) is 18.2 Å². The quantitative estimate of drug-likeness (QED) is 0.459. The number of hydrogen-bond acceptors (Lipinski definition) is 5. The lowest BCUT2D eigenvalue weighted by molar-refractivity contribution is -0.384. The minimum absolute atomic E-state index is 0.00505. The van der Waals surface area contributed by atoms with Gasteiger partial charge in [-0.1, -0.05) is 40.5 Å². The Bertz CT molecular complexity index is 1030. The minimum atomic E-state index is -0.502. The zero-order valence-electron chi connectivity index (χ0n) is 13.6. The van der Waals surface area contributed by atoms with E-state index in [1.807, 2.05) is 0 Å². The van der Waals surface area contributed by atoms with E-state index >= 15 is 0 Å². The lowest BCUT2D eigenvalue weighted by atomic mass is 10.2. The van der Waals surface area contributed by atoms with Crippen LogP contribution in [0.25, 0.3) is 12.2 Å². The van der Waals surface area contributed by atoms with Gasteiger partial charge in [-0.25, -0.2) is 0 Å². The smallest absolute Gasteiger partial charge is 0.277 e. The Morgan fingerprint density at radius 2 is 1.89 bits per heavy atom. The van der Waals surface area contributed by atoms with Crippen LogP contribution in [0.4, 0.5) is 11.4 Å². The lowest BCUT2D eigenvalue weighted by Crippen LogP contribution is -2.12. The monoisotopic (exact) mass is 403 g/mol. The maximum Gasteiger partial charge on any atom is 0.277 e. The van der Waals surface area contributed by atoms with E-state index in [-0.39, 0.29) is 16.4 Å². The van der Waals surface area contributed by atoms with Crippen molar-refractivity contribution in [2.24, 2.45) is 0 Å². The van der Waals surface area contributed by atoms with Crippen LogP contribution < -0.4 is 5.32 Å². The van der Waals surface area contributed by atoms with E-state index in [1.165, 1.54) is 18.2 Å². The van der Waals surface area contributed by atoms with Crippen LogP contribution in [0.2, 0.25) is 10.0 Å². The molecule has 2 aromatic carbocycles. The molecule has 0 spiro atoms. The number of nitro groups is 1. The van der Waals surface area contributed by atoms with Crippen LogP contribution >= 0.6 is 23.2 Å². The van der Waals surface area contributed by atoms with E-state index in [9.17, 15) is 14.9 Å². The first kappa shape index (κ1) is 18.6. The summed E-state index contributed by atoms with van der Waals surface area (Å²) in [5.74, 6) is -0.159. The molecule has 0 unspecified atom stereocenters. The van der Waals surface area contributed by atoms with Crippen LogP contribution in [0.1, 0.15) is 21.8 Å². The van der Waals surface area contributed by atoms with Crippen molar-refractivity contribution in [2.75, 3.05) is 5.32 Å². The number of anilines is 1. The maximum absolute atomic E-state index is 12.2. The summed E-state index contributed by atoms with van der Waals surface area (Å²) in [6.45, 7) is 0. The highest BCUT2D eigenvalue weighted by molar-refractivity contribution is 6.44. The minimum Gasteiger partial charge on any atom is -0.356 e. The van der Waals surface area contributed by atoms with Crippen molar-refractivity contribution >= 4 is 52.6 Å². The fraction of sp³-hybridized carbons (Fsp3) is 0. The summed E-state index contributed by atoms with van der Waals surface area (Å²) in [6.07, 6.45) is 3.27. The first-order valence-electron chi connectivity index (χ1n) is 7.58. The Morgan fingerprint density at radius 1 is 1.15 bits per heavy atom. The molecule has 0 fully saturated rings. The molecule has 136 valence electrons. The van der Waals surface area contributed by atoms with E-state index in [0.29, 0.717) is 16.5 Å². The number of aromatic nitrogens is 1. The third-order valence-corrected chi connectivity index (χ3v) is 4.32. The van der Waals surface area contributed by atoms with Gasteiger partial charge in [0.1, 0.15) is 0 Å². The van der Waals surface area contributed by atoms with Crippen molar-refractivity contribution in [3.8, 4) is 0 Å². The Morgan fingerprint density at radius 3 is 2.59 bits per heavy atom. The van der Waals surface area contributed by atoms with Crippen LogP contribution in [-0.2, 0) is 0 Å². The number of nitro benzene ring substituents is 1. The van der Waals surface area contributed by atoms with Gasteiger partial charge in [-0.15, -0.1) is 0 Å². The highest BCUT2D eigenvalue weighted by Gasteiger charge is 2.14. The number of nitrogens with zero attached hydrogens (tertiary/aromatic N) is 2. The predicted molar refractivity (Wildman–Crippen MR) is 103 cm³/mol. The van der Waals surface area contributed by atoms with Crippen LogP contribution in [0.15, 0.2) is 53.1 Å². The summed E-state index contributed by atoms with van der Waals surface area (Å²) in [6, 6.07) is 12.3. The van der Waals surface area contributed by atoms with E-state index in [2.05, 4.69) is 10.5 Å². The SMILES string of the molecule is O=C(Nc1cccc(Cl)c1Cl)c1cc(C=Cc2ccc([N+](=O)[O-])cc2)on1. The molecule has 0 saturated carbocycles. The van der Waals surface area contributed by atoms with Crippen molar-refractivity contribution in [2.45, 2.75) is 0 Å². The summed E-state index contributed by atoms with van der Waals surface area (Å²) >= 11 is 11.9. The number of amides is 1. The molecule has 1 aromatic heterocycles. The van der Waals surface area contributed by atoms with Gasteiger partial charge in [-0.3, -0.25) is 14.9 Å². The van der Waals surface area contributed by atoms with Gasteiger partial charge < -0.3 is 9.84 Å². The zero-order valence-corrected chi connectivity index (χ0v) is 15.1. The number of non-ortho nitro benzene ring substituents is 1. The topological polar surface area (TPSA) is 98.3 Å². The van der Waals surface area contributed by atoms with E-state index in [0.717, 1.165) is 5.56 Å². The number of hydrogen-bond donors (Lipinski definition) is 1. The average Bonchev–Trinajstić information content (AvgIpc) is 3.13. The molecule has 0 aliphatic heterocycles. The molecule has 3 aromatic rings. The van der Waals surface area contributed by atoms with E-state index in [1.54, 1.807) is 42.5 Å². The maximum atomic E-state index is 12.2. The van der Waals surface area contributed by atoms with Crippen LogP contribution in [0.5, 0.6) is 0 Å². The van der Waals surface area contributed by atoms with Gasteiger partial charge in [0.2, 0.25) is 0 Å². The Labute approximate surface area is 163 Å². The highest BCUT2D eigenvalue weighted by atomic mass is 35.5. The summed E-state index contributed by atoms with van der Waals surface area (Å²) < 4.78 is 5.10. The number of rotatable bonds is 5. The van der Waals surface area contributed by atoms with Crippen molar-refractivity contribution < 1.29 is 14.2 Å². The number of nitrogens with one attached hydrogen (secondary N) is 1. The van der Waals surface area contributed by atoms with Crippen molar-refractivity contribution in [3.05, 3.63) is 85.7 Å². The first-order valence-corrected chi connectivity index (χ1v) is 8.34. The number of carbonyl (C=O) groups excluding carboxylic acids is 1. The van der Waals surface area contributed by atoms with Crippen LogP contribution in [0.3, 0.4) is 0 Å². The molecular formula is C18H11Cl2N3O4. The summed E-state index contributed by atoms with van der Waals surface area (Å²) in [5.41, 5.74) is 1.16. The summed E-state index contributed by atoms with van der Waals surface area (Å²) in [4.78, 5) is 22.4. The second kappa shape index (κ2) is 8.03. The van der Waals surface area contributed by atoms with Gasteiger partial charge in [0.25, 0.3) is 11.6 Å². The van der Waals surface area contributed by atoms with Gasteiger partial charge in [-0.2, -0.15) is 0 Å². The van der Waals surface area contributed by atoms with Gasteiger partial charge >= 0.3 is 0 Å². The van der Waals surface area contributed by atoms with Crippen LogP contribution in [-0.4, -0.2) is 16.0 Å². The third kappa shape index (κ3) is 4.52. The first-order chi connectivity index (χ1) is 12.9. The fourth-order valence-corrected chi connectivity index (χ4v) is 2.49. The summed E-state index contributed by atoms with van der Waals surface area (Å²) in [7, 11) is 0. The molecule has 7 nitrogen and oxygen atoms in total. The van der Waals surface area contributed by atoms with Crippen molar-refractivity contribution in [1.82, 2.24) is 5.16 Å². The Balaban J connectivity index is 1.69. The zero-order chi connectivity index (χ0) is 19.4. The lowest BCUT2D eigenvalue weighted by Gasteiger charge is -2.05. The standard InChI is InChI=1S/C18H11Cl2N3O4/c19-14-2-1-3-15(17(14)20)21-18(24)16-10-13(27-22-16)9-6-11-4-7-12(8-5-11)23(25)26/h1-10H,(H,21,24). The Hall–Kier alpha value is -3.16. The summed E-state index contributed by atoms with van der Waals surface area (Å²) in [5, 5.41) is 17.5. The van der Waals surface area contributed by atoms with E-state index in [4.69, 9.17) is 27.7 Å². The number of benzene rings is 2. The van der Waals surface area contributed by atoms with Crippen LogP contribution in [0, 0.1) is 10.1 Å². The molecule has 0 saturated heterocycles. The van der Waals surface area contributed by atoms with E-state index < -0.39 is 10.8 Å². The molecule has 9 heteroatoms. The predicted octanol–water partition coefficient (Wildman–Crippen LogP) is 5.31. The second-order valence-electron chi connectivity index (χ2n) is 5.35. The molecule has 0 aliphatic rings. The number of halogens is 2. The largest absolute Gasteiger partial charge is 0.356 e. The molecule has 0 radical (unpaired) electrons. The molecule has 0 atom stereocenters. The van der Waals surface area contributed by atoms with Gasteiger partial charge in [0.05, 0.1) is 20.7 Å². The highest BCUT2D eigenvalue weighted by Crippen LogP contribution is 2.29. The van der Waals surface area contributed by atoms with Gasteiger partial charge in [0.15, 0.2) is 11.5 Å². The average molecular weight is 404 g/mol. The third-order valence-electron chi connectivity index (χ3n) is 3.50. The second-order valence-corrected chi connectivity index (χ2v) is 6.14. The molecule has 3 rings (SSSR count). The molecule has 0 aliphatic carbocycles. The Kier molecular flexibility index (Phi) is 5.54. The number of carbonyl (C=O) groups is 1. The molecule has 1 heterocycles. The molecule has 1 amide bonds.